The van der Waals surface area contributed by atoms with Crippen LogP contribution in [-0.4, -0.2) is 76.3 Å². The monoisotopic (exact) mass is 610 g/mol. The molecule has 2 N–H and O–H groups in total. The molecule has 4 aromatic rings. The van der Waals surface area contributed by atoms with Gasteiger partial charge in [0.15, 0.2) is 0 Å². The molecular weight excluding hydrogens is 583 g/mol. The number of hydrogen-bond acceptors (Lipinski definition) is 8. The lowest BCUT2D eigenvalue weighted by Crippen LogP contribution is -2.61. The van der Waals surface area contributed by atoms with Crippen LogP contribution in [0.5, 0.6) is 11.5 Å². The Morgan fingerprint density at radius 1 is 1.00 bits per heavy atom. The van der Waals surface area contributed by atoms with Crippen LogP contribution in [0.4, 0.5) is 16.3 Å². The van der Waals surface area contributed by atoms with Gasteiger partial charge in [-0.3, -0.25) is 9.36 Å². The van der Waals surface area contributed by atoms with Crippen molar-refractivity contribution in [3.05, 3.63) is 83.0 Å². The molecule has 0 bridgehead atoms. The first-order valence-electron chi connectivity index (χ1n) is 12.9. The number of aromatic nitrogens is 4. The Labute approximate surface area is 252 Å². The lowest BCUT2D eigenvalue weighted by Gasteiger charge is -2.41. The minimum atomic E-state index is -0.847. The first-order chi connectivity index (χ1) is 20.3. The third-order valence-corrected chi connectivity index (χ3v) is 7.42. The third kappa shape index (κ3) is 6.67. The minimum Gasteiger partial charge on any atom is -0.497 e. The van der Waals surface area contributed by atoms with Gasteiger partial charge in [-0.15, -0.1) is 0 Å². The first kappa shape index (κ1) is 29.0. The van der Waals surface area contributed by atoms with Crippen molar-refractivity contribution in [1.29, 1.82) is 0 Å². The summed E-state index contributed by atoms with van der Waals surface area (Å²) in [6, 6.07) is 10.6. The van der Waals surface area contributed by atoms with Gasteiger partial charge in [0.2, 0.25) is 11.9 Å². The van der Waals surface area contributed by atoms with E-state index in [0.29, 0.717) is 45.5 Å². The van der Waals surface area contributed by atoms with Crippen molar-refractivity contribution >= 4 is 46.6 Å². The Morgan fingerprint density at radius 3 is 2.48 bits per heavy atom. The van der Waals surface area contributed by atoms with Gasteiger partial charge in [-0.25, -0.2) is 14.8 Å². The van der Waals surface area contributed by atoms with Crippen molar-refractivity contribution in [3.8, 4) is 17.4 Å². The molecular formula is C28H28Cl2N8O4. The van der Waals surface area contributed by atoms with Crippen LogP contribution in [0, 0.1) is 0 Å². The SMILES string of the molecule is COc1cc(CNC(=O)C2CN(c3ccnc(-n4ccnc4)n3)CCN2C(=O)Nc2ccc(Cl)c(Cl)c2)cc(OC)c1. The zero-order chi connectivity index (χ0) is 29.6. The number of amides is 3. The topological polar surface area (TPSA) is 127 Å². The lowest BCUT2D eigenvalue weighted by atomic mass is 10.1. The molecule has 1 aliphatic heterocycles. The van der Waals surface area contributed by atoms with E-state index < -0.39 is 12.1 Å². The second kappa shape index (κ2) is 13.0. The average molecular weight is 611 g/mol. The van der Waals surface area contributed by atoms with Gasteiger partial charge in [0, 0.05) is 56.5 Å². The van der Waals surface area contributed by atoms with E-state index in [1.54, 1.807) is 74.0 Å². The fraction of sp³-hybridized carbons (Fsp3) is 0.250. The standard InChI is InChI=1S/C28H28Cl2N8O4/c1-41-20-11-18(12-21(14-20)42-2)15-33-26(39)24-16-36(25-5-6-32-27(35-25)37-8-7-31-17-37)9-10-38(24)28(40)34-19-3-4-22(29)23(30)13-19/h3-8,11-14,17,24H,9-10,15-16H2,1-2H3,(H,33,39)(H,34,40). The van der Waals surface area contributed by atoms with Crippen LogP contribution in [0.3, 0.4) is 0 Å². The van der Waals surface area contributed by atoms with Gasteiger partial charge in [0.1, 0.15) is 29.7 Å². The number of nitrogens with zero attached hydrogens (tertiary/aromatic N) is 6. The number of methoxy groups -OCH3 is 2. The van der Waals surface area contributed by atoms with Gasteiger partial charge < -0.3 is 29.9 Å². The predicted molar refractivity (Wildman–Crippen MR) is 159 cm³/mol. The number of anilines is 2. The highest BCUT2D eigenvalue weighted by molar-refractivity contribution is 6.42. The number of rotatable bonds is 8. The molecule has 3 amide bonds. The molecule has 0 radical (unpaired) electrons. The number of piperazine rings is 1. The maximum Gasteiger partial charge on any atom is 0.322 e. The molecule has 1 aliphatic rings. The van der Waals surface area contributed by atoms with Crippen molar-refractivity contribution in [1.82, 2.24) is 29.7 Å². The second-order valence-corrected chi connectivity index (χ2v) is 10.2. The molecule has 0 spiro atoms. The van der Waals surface area contributed by atoms with Crippen molar-refractivity contribution in [2.24, 2.45) is 0 Å². The summed E-state index contributed by atoms with van der Waals surface area (Å²) in [5, 5.41) is 6.46. The summed E-state index contributed by atoms with van der Waals surface area (Å²) < 4.78 is 12.4. The molecule has 0 saturated carbocycles. The Morgan fingerprint density at radius 2 is 1.79 bits per heavy atom. The first-order valence-corrected chi connectivity index (χ1v) is 13.7. The van der Waals surface area contributed by atoms with Crippen molar-refractivity contribution in [3.63, 3.8) is 0 Å². The molecule has 1 fully saturated rings. The highest BCUT2D eigenvalue weighted by Gasteiger charge is 2.36. The van der Waals surface area contributed by atoms with Gasteiger partial charge in [0.25, 0.3) is 0 Å². The minimum absolute atomic E-state index is 0.197. The van der Waals surface area contributed by atoms with Crippen LogP contribution >= 0.6 is 23.2 Å². The number of hydrogen-bond donors (Lipinski definition) is 2. The van der Waals surface area contributed by atoms with Crippen molar-refractivity contribution < 1.29 is 19.1 Å². The highest BCUT2D eigenvalue weighted by atomic mass is 35.5. The number of carbonyl (C=O) groups is 2. The molecule has 1 atom stereocenters. The molecule has 12 nitrogen and oxygen atoms in total. The zero-order valence-corrected chi connectivity index (χ0v) is 24.3. The fourth-order valence-corrected chi connectivity index (χ4v) is 4.82. The van der Waals surface area contributed by atoms with Crippen LogP contribution in [0.1, 0.15) is 5.56 Å². The number of imidazole rings is 1. The maximum absolute atomic E-state index is 13.7. The molecule has 1 saturated heterocycles. The van der Waals surface area contributed by atoms with Crippen LogP contribution in [0.25, 0.3) is 5.95 Å². The number of ether oxygens (including phenoxy) is 2. The zero-order valence-electron chi connectivity index (χ0n) is 22.8. The smallest absolute Gasteiger partial charge is 0.322 e. The second-order valence-electron chi connectivity index (χ2n) is 9.34. The van der Waals surface area contributed by atoms with E-state index in [1.165, 1.54) is 4.90 Å². The predicted octanol–water partition coefficient (Wildman–Crippen LogP) is 4.03. The fourth-order valence-electron chi connectivity index (χ4n) is 4.52. The van der Waals surface area contributed by atoms with Crippen LogP contribution < -0.4 is 25.0 Å². The van der Waals surface area contributed by atoms with Gasteiger partial charge in [0.05, 0.1) is 24.3 Å². The number of nitrogens with one attached hydrogen (secondary N) is 2. The summed E-state index contributed by atoms with van der Waals surface area (Å²) in [4.78, 5) is 43.6. The highest BCUT2D eigenvalue weighted by Crippen LogP contribution is 2.26. The molecule has 14 heteroatoms. The average Bonchev–Trinajstić information content (AvgIpc) is 3.56. The lowest BCUT2D eigenvalue weighted by molar-refractivity contribution is -0.125. The molecule has 1 unspecified atom stereocenters. The molecule has 218 valence electrons. The summed E-state index contributed by atoms with van der Waals surface area (Å²) in [7, 11) is 3.12. The summed E-state index contributed by atoms with van der Waals surface area (Å²) in [6.07, 6.45) is 6.63. The molecule has 0 aliphatic carbocycles. The normalized spacial score (nSPS) is 14.8. The van der Waals surface area contributed by atoms with Gasteiger partial charge in [-0.05, 0) is 42.0 Å². The number of halogens is 2. The molecule has 42 heavy (non-hydrogen) atoms. The van der Waals surface area contributed by atoms with E-state index >= 15 is 0 Å². The maximum atomic E-state index is 13.7. The molecule has 2 aromatic carbocycles. The Balaban J connectivity index is 1.37. The van der Waals surface area contributed by atoms with Crippen LogP contribution in [0.15, 0.2) is 67.4 Å². The van der Waals surface area contributed by atoms with Gasteiger partial charge in [-0.2, -0.15) is 4.98 Å². The van der Waals surface area contributed by atoms with Gasteiger partial charge >= 0.3 is 6.03 Å². The number of urea groups is 1. The largest absolute Gasteiger partial charge is 0.497 e. The Kier molecular flexibility index (Phi) is 8.94. The van der Waals surface area contributed by atoms with Crippen LogP contribution in [0.2, 0.25) is 10.0 Å². The molecule has 2 aromatic heterocycles. The Bertz CT molecular complexity index is 1550. The van der Waals surface area contributed by atoms with Gasteiger partial charge in [-0.1, -0.05) is 23.2 Å². The molecule has 5 rings (SSSR count). The number of carbonyl (C=O) groups excluding carboxylic acids is 2. The molecule has 3 heterocycles. The van der Waals surface area contributed by atoms with E-state index in [1.807, 2.05) is 17.0 Å². The van der Waals surface area contributed by atoms with Crippen molar-refractivity contribution in [2.45, 2.75) is 12.6 Å². The quantitative estimate of drug-likeness (QED) is 0.306. The summed E-state index contributed by atoms with van der Waals surface area (Å²) >= 11 is 12.2. The van der Waals surface area contributed by atoms with Crippen LogP contribution in [-0.2, 0) is 11.3 Å². The van der Waals surface area contributed by atoms with Crippen molar-refractivity contribution in [2.75, 3.05) is 44.1 Å². The summed E-state index contributed by atoms with van der Waals surface area (Å²) in [6.45, 7) is 1.08. The van der Waals surface area contributed by atoms with E-state index in [2.05, 4.69) is 25.6 Å². The summed E-state index contributed by atoms with van der Waals surface area (Å²) in [5.41, 5.74) is 1.24. The van der Waals surface area contributed by atoms with E-state index in [0.717, 1.165) is 5.56 Å². The summed E-state index contributed by atoms with van der Waals surface area (Å²) in [5.74, 6) is 1.92. The third-order valence-electron chi connectivity index (χ3n) is 6.68. The van der Waals surface area contributed by atoms with E-state index in [9.17, 15) is 9.59 Å². The number of benzene rings is 2. The van der Waals surface area contributed by atoms with E-state index in [-0.39, 0.29) is 25.5 Å². The van der Waals surface area contributed by atoms with E-state index in [4.69, 9.17) is 32.7 Å². The Hall–Kier alpha value is -4.55.